The van der Waals surface area contributed by atoms with Crippen molar-refractivity contribution in [3.05, 3.63) is 88.2 Å². The summed E-state index contributed by atoms with van der Waals surface area (Å²) in [6.07, 6.45) is 2.07. The minimum Gasteiger partial charge on any atom is -0.454 e. The van der Waals surface area contributed by atoms with Gasteiger partial charge in [0, 0.05) is 18.3 Å². The zero-order valence-electron chi connectivity index (χ0n) is 20.9. The van der Waals surface area contributed by atoms with Crippen molar-refractivity contribution in [1.29, 1.82) is 0 Å². The second-order valence-electron chi connectivity index (χ2n) is 8.82. The van der Waals surface area contributed by atoms with Crippen LogP contribution in [-0.2, 0) is 24.2 Å². The van der Waals surface area contributed by atoms with Crippen molar-refractivity contribution in [3.8, 4) is 11.5 Å². The molecule has 1 atom stereocenters. The van der Waals surface area contributed by atoms with E-state index >= 15 is 0 Å². The highest BCUT2D eigenvalue weighted by atomic mass is 32.2. The molecule has 1 amide bonds. The molecule has 1 N–H and O–H groups in total. The number of amides is 1. The fourth-order valence-corrected chi connectivity index (χ4v) is 5.42. The van der Waals surface area contributed by atoms with Gasteiger partial charge in [-0.05, 0) is 42.5 Å². The van der Waals surface area contributed by atoms with Gasteiger partial charge in [-0.1, -0.05) is 74.1 Å². The maximum absolute atomic E-state index is 13.7. The van der Waals surface area contributed by atoms with Gasteiger partial charge in [0.25, 0.3) is 5.56 Å². The number of thioether (sulfide) groups is 1. The third kappa shape index (κ3) is 5.34. The Hall–Kier alpha value is -3.78. The van der Waals surface area contributed by atoms with E-state index in [9.17, 15) is 9.59 Å². The average Bonchev–Trinajstić information content (AvgIpc) is 3.38. The molecule has 1 aliphatic rings. The van der Waals surface area contributed by atoms with Crippen molar-refractivity contribution in [1.82, 2.24) is 9.55 Å². The molecule has 2 heterocycles. The summed E-state index contributed by atoms with van der Waals surface area (Å²) in [4.78, 5) is 31.9. The third-order valence-corrected chi connectivity index (χ3v) is 7.80. The molecule has 0 radical (unpaired) electrons. The summed E-state index contributed by atoms with van der Waals surface area (Å²) in [5, 5.41) is 3.64. The van der Waals surface area contributed by atoms with Crippen LogP contribution in [0.5, 0.6) is 11.5 Å². The van der Waals surface area contributed by atoms with Crippen LogP contribution in [0.25, 0.3) is 10.9 Å². The van der Waals surface area contributed by atoms with E-state index in [1.165, 1.54) is 11.8 Å². The van der Waals surface area contributed by atoms with Gasteiger partial charge in [-0.15, -0.1) is 0 Å². The van der Waals surface area contributed by atoms with Crippen LogP contribution in [0.1, 0.15) is 31.4 Å². The standard InChI is InChI=1S/C29H29N3O4S/c1-3-20-12-8-9-13-22(20)30-27(33)26(4-2)37-29-31-23-17-25-24(35-18-36-25)16-21(23)28(34)32(29)15-14-19-10-6-5-7-11-19/h5-13,16-17,26H,3-4,14-15,18H2,1-2H3,(H,30,33)/t26-/m1/s1. The first-order chi connectivity index (χ1) is 18.1. The van der Waals surface area contributed by atoms with Crippen LogP contribution in [0.4, 0.5) is 5.69 Å². The Morgan fingerprint density at radius 2 is 1.78 bits per heavy atom. The molecule has 5 rings (SSSR count). The smallest absolute Gasteiger partial charge is 0.262 e. The lowest BCUT2D eigenvalue weighted by Crippen LogP contribution is -2.29. The fourth-order valence-electron chi connectivity index (χ4n) is 4.38. The summed E-state index contributed by atoms with van der Waals surface area (Å²) in [6, 6.07) is 21.3. The second kappa shape index (κ2) is 11.1. The SMILES string of the molecule is CCc1ccccc1NC(=O)[C@@H](CC)Sc1nc2cc3c(cc2c(=O)n1CCc1ccccc1)OCO3. The molecule has 37 heavy (non-hydrogen) atoms. The van der Waals surface area contributed by atoms with Crippen LogP contribution in [-0.4, -0.2) is 27.5 Å². The summed E-state index contributed by atoms with van der Waals surface area (Å²) >= 11 is 1.32. The Morgan fingerprint density at radius 3 is 2.54 bits per heavy atom. The fraction of sp³-hybridized carbons (Fsp3) is 0.276. The van der Waals surface area contributed by atoms with E-state index in [1.54, 1.807) is 16.7 Å². The van der Waals surface area contributed by atoms with Gasteiger partial charge in [0.1, 0.15) is 0 Å². The second-order valence-corrected chi connectivity index (χ2v) is 9.99. The summed E-state index contributed by atoms with van der Waals surface area (Å²) in [7, 11) is 0. The Balaban J connectivity index is 1.49. The third-order valence-electron chi connectivity index (χ3n) is 6.45. The zero-order chi connectivity index (χ0) is 25.8. The zero-order valence-corrected chi connectivity index (χ0v) is 21.7. The molecule has 0 saturated heterocycles. The Bertz CT molecular complexity index is 1490. The molecule has 3 aromatic carbocycles. The highest BCUT2D eigenvalue weighted by molar-refractivity contribution is 8.00. The minimum absolute atomic E-state index is 0.108. The number of carbonyl (C=O) groups is 1. The lowest BCUT2D eigenvalue weighted by Gasteiger charge is -2.19. The number of fused-ring (bicyclic) bond motifs is 2. The van der Waals surface area contributed by atoms with Crippen molar-refractivity contribution in [2.45, 2.75) is 50.1 Å². The van der Waals surface area contributed by atoms with Crippen molar-refractivity contribution in [2.75, 3.05) is 12.1 Å². The molecule has 1 aromatic heterocycles. The predicted molar refractivity (Wildman–Crippen MR) is 147 cm³/mol. The van der Waals surface area contributed by atoms with Crippen molar-refractivity contribution in [2.24, 2.45) is 0 Å². The van der Waals surface area contributed by atoms with E-state index in [0.29, 0.717) is 46.9 Å². The lowest BCUT2D eigenvalue weighted by atomic mass is 10.1. The minimum atomic E-state index is -0.425. The van der Waals surface area contributed by atoms with Gasteiger partial charge >= 0.3 is 0 Å². The molecule has 190 valence electrons. The number of hydrogen-bond donors (Lipinski definition) is 1. The van der Waals surface area contributed by atoms with Gasteiger partial charge in [-0.2, -0.15) is 0 Å². The maximum Gasteiger partial charge on any atom is 0.262 e. The topological polar surface area (TPSA) is 82.5 Å². The van der Waals surface area contributed by atoms with E-state index in [0.717, 1.165) is 23.2 Å². The first-order valence-corrected chi connectivity index (χ1v) is 13.4. The van der Waals surface area contributed by atoms with Crippen LogP contribution < -0.4 is 20.3 Å². The molecule has 4 aromatic rings. The first kappa shape index (κ1) is 24.9. The van der Waals surface area contributed by atoms with Crippen molar-refractivity contribution < 1.29 is 14.3 Å². The number of nitrogens with zero attached hydrogens (tertiary/aromatic N) is 2. The summed E-state index contributed by atoms with van der Waals surface area (Å²) in [5.74, 6) is 1.00. The molecule has 7 nitrogen and oxygen atoms in total. The number of hydrogen-bond acceptors (Lipinski definition) is 6. The summed E-state index contributed by atoms with van der Waals surface area (Å²) in [6.45, 7) is 4.59. The van der Waals surface area contributed by atoms with Gasteiger partial charge in [0.15, 0.2) is 16.7 Å². The van der Waals surface area contributed by atoms with Gasteiger partial charge < -0.3 is 14.8 Å². The number of anilines is 1. The van der Waals surface area contributed by atoms with E-state index in [-0.39, 0.29) is 18.3 Å². The van der Waals surface area contributed by atoms with E-state index in [2.05, 4.69) is 12.2 Å². The number of ether oxygens (including phenoxy) is 2. The van der Waals surface area contributed by atoms with E-state index in [1.807, 2.05) is 61.5 Å². The molecule has 0 fully saturated rings. The lowest BCUT2D eigenvalue weighted by molar-refractivity contribution is -0.115. The average molecular weight is 516 g/mol. The highest BCUT2D eigenvalue weighted by Crippen LogP contribution is 2.35. The van der Waals surface area contributed by atoms with Crippen LogP contribution in [0, 0.1) is 0 Å². The molecule has 0 bridgehead atoms. The van der Waals surface area contributed by atoms with Crippen molar-refractivity contribution in [3.63, 3.8) is 0 Å². The Morgan fingerprint density at radius 1 is 1.05 bits per heavy atom. The molecule has 0 unspecified atom stereocenters. The van der Waals surface area contributed by atoms with Gasteiger partial charge in [-0.3, -0.25) is 14.2 Å². The molecule has 0 aliphatic carbocycles. The van der Waals surface area contributed by atoms with E-state index < -0.39 is 5.25 Å². The summed E-state index contributed by atoms with van der Waals surface area (Å²) < 4.78 is 12.7. The number of aromatic nitrogens is 2. The van der Waals surface area contributed by atoms with Gasteiger partial charge in [-0.25, -0.2) is 4.98 Å². The molecular formula is C29H29N3O4S. The number of rotatable bonds is 9. The number of carbonyl (C=O) groups excluding carboxylic acids is 1. The predicted octanol–water partition coefficient (Wildman–Crippen LogP) is 5.44. The normalized spacial score (nSPS) is 13.0. The van der Waals surface area contributed by atoms with Gasteiger partial charge in [0.05, 0.1) is 16.2 Å². The number of para-hydroxylation sites is 1. The van der Waals surface area contributed by atoms with Crippen LogP contribution in [0.2, 0.25) is 0 Å². The molecule has 1 aliphatic heterocycles. The van der Waals surface area contributed by atoms with Crippen LogP contribution >= 0.6 is 11.8 Å². The maximum atomic E-state index is 13.7. The highest BCUT2D eigenvalue weighted by Gasteiger charge is 2.24. The number of nitrogens with one attached hydrogen (secondary N) is 1. The summed E-state index contributed by atoms with van der Waals surface area (Å²) in [5.41, 5.74) is 3.38. The Kier molecular flexibility index (Phi) is 7.46. The first-order valence-electron chi connectivity index (χ1n) is 12.5. The van der Waals surface area contributed by atoms with Crippen molar-refractivity contribution >= 4 is 34.3 Å². The number of benzene rings is 3. The Labute approximate surface area is 219 Å². The molecular weight excluding hydrogens is 486 g/mol. The molecule has 0 saturated carbocycles. The quantitative estimate of drug-likeness (QED) is 0.236. The number of aryl methyl sites for hydroxylation is 2. The monoisotopic (exact) mass is 515 g/mol. The van der Waals surface area contributed by atoms with Crippen LogP contribution in [0.3, 0.4) is 0 Å². The molecule has 8 heteroatoms. The van der Waals surface area contributed by atoms with Gasteiger partial charge in [0.2, 0.25) is 12.7 Å². The largest absolute Gasteiger partial charge is 0.454 e. The molecule has 0 spiro atoms. The van der Waals surface area contributed by atoms with Crippen LogP contribution in [0.15, 0.2) is 76.7 Å². The van der Waals surface area contributed by atoms with E-state index in [4.69, 9.17) is 14.5 Å².